The van der Waals surface area contributed by atoms with Gasteiger partial charge in [0.25, 0.3) is 0 Å². The van der Waals surface area contributed by atoms with E-state index in [0.717, 1.165) is 12.5 Å². The lowest BCUT2D eigenvalue weighted by molar-refractivity contribution is -0.175. The minimum absolute atomic E-state index is 0.578. The predicted molar refractivity (Wildman–Crippen MR) is 67.0 cm³/mol. The van der Waals surface area contributed by atoms with Crippen LogP contribution in [-0.2, 0) is 18.3 Å². The first kappa shape index (κ1) is 16.3. The maximum absolute atomic E-state index is 5.73. The molecule has 0 aromatic heterocycles. The fraction of sp³-hybridized carbons (Fsp3) is 1.00. The molecule has 4 nitrogen and oxygen atoms in total. The Morgan fingerprint density at radius 1 is 1.06 bits per heavy atom. The molecule has 0 aliphatic heterocycles. The summed E-state index contributed by atoms with van der Waals surface area (Å²) in [4.78, 5) is 0. The summed E-state index contributed by atoms with van der Waals surface area (Å²) in [7, 11) is 3.95. The largest absolute Gasteiger partial charge is 0.399 e. The van der Waals surface area contributed by atoms with Crippen LogP contribution in [0.15, 0.2) is 0 Å². The van der Waals surface area contributed by atoms with E-state index < -0.39 is 14.0 Å². The molecule has 0 spiro atoms. The van der Waals surface area contributed by atoms with Crippen molar-refractivity contribution >= 4 is 20.2 Å². The average molecular weight is 271 g/mol. The zero-order valence-corrected chi connectivity index (χ0v) is 12.6. The van der Waals surface area contributed by atoms with Gasteiger partial charge in [-0.25, -0.2) is 0 Å². The third-order valence-electron chi connectivity index (χ3n) is 3.00. The van der Waals surface area contributed by atoms with E-state index in [2.05, 4.69) is 0 Å². The molecule has 0 bridgehead atoms. The average Bonchev–Trinajstić information content (AvgIpc) is 2.35. The molecule has 0 amide bonds. The summed E-state index contributed by atoms with van der Waals surface area (Å²) in [5, 5.41) is 0. The fourth-order valence-electron chi connectivity index (χ4n) is 2.04. The van der Waals surface area contributed by atoms with Crippen molar-refractivity contribution in [3.63, 3.8) is 0 Å². The van der Waals surface area contributed by atoms with Crippen LogP contribution >= 0.6 is 11.6 Å². The number of ether oxygens (including phenoxy) is 2. The highest BCUT2D eigenvalue weighted by Crippen LogP contribution is 2.34. The van der Waals surface area contributed by atoms with Crippen LogP contribution in [0.25, 0.3) is 0 Å². The van der Waals surface area contributed by atoms with Crippen LogP contribution in [0, 0.1) is 0 Å². The Kier molecular flexibility index (Phi) is 7.80. The van der Waals surface area contributed by atoms with E-state index in [4.69, 9.17) is 29.9 Å². The molecule has 0 saturated carbocycles. The van der Waals surface area contributed by atoms with Gasteiger partial charge in [0.05, 0.1) is 0 Å². The summed E-state index contributed by atoms with van der Waals surface area (Å²) in [5.74, 6) is 0.578. The van der Waals surface area contributed by atoms with Gasteiger partial charge in [0.1, 0.15) is 0 Å². The molecule has 0 aliphatic carbocycles. The summed E-state index contributed by atoms with van der Waals surface area (Å²) in [6, 6.07) is 0.749. The van der Waals surface area contributed by atoms with Gasteiger partial charge in [-0.15, -0.1) is 11.6 Å². The molecule has 0 saturated heterocycles. The van der Waals surface area contributed by atoms with Crippen LogP contribution in [-0.4, -0.2) is 48.3 Å². The van der Waals surface area contributed by atoms with Gasteiger partial charge in [0.15, 0.2) is 0 Å². The monoisotopic (exact) mass is 270 g/mol. The minimum atomic E-state index is -2.57. The van der Waals surface area contributed by atoms with Gasteiger partial charge in [-0.05, 0) is 12.5 Å². The van der Waals surface area contributed by atoms with Crippen LogP contribution in [0.3, 0.4) is 0 Å². The van der Waals surface area contributed by atoms with Gasteiger partial charge >= 0.3 is 8.56 Å². The first-order valence-electron chi connectivity index (χ1n) is 5.38. The third-order valence-corrected chi connectivity index (χ3v) is 7.52. The summed E-state index contributed by atoms with van der Waals surface area (Å²) in [5.41, 5.74) is -0.775. The molecule has 0 aromatic rings. The van der Waals surface area contributed by atoms with Crippen molar-refractivity contribution in [3.05, 3.63) is 0 Å². The molecule has 0 radical (unpaired) electrons. The Morgan fingerprint density at radius 2 is 1.56 bits per heavy atom. The van der Waals surface area contributed by atoms with Crippen molar-refractivity contribution in [2.24, 2.45) is 0 Å². The second kappa shape index (κ2) is 7.63. The lowest BCUT2D eigenvalue weighted by Crippen LogP contribution is -2.64. The second-order valence-corrected chi connectivity index (χ2v) is 7.43. The van der Waals surface area contributed by atoms with Crippen molar-refractivity contribution < 1.29 is 18.3 Å². The highest BCUT2D eigenvalue weighted by molar-refractivity contribution is 6.70. The van der Waals surface area contributed by atoms with Crippen molar-refractivity contribution in [2.75, 3.05) is 34.3 Å². The van der Waals surface area contributed by atoms with Crippen LogP contribution in [0.2, 0.25) is 6.04 Å². The van der Waals surface area contributed by atoms with Crippen molar-refractivity contribution in [3.8, 4) is 0 Å². The van der Waals surface area contributed by atoms with E-state index in [0.29, 0.717) is 12.3 Å². The van der Waals surface area contributed by atoms with E-state index in [9.17, 15) is 0 Å². The van der Waals surface area contributed by atoms with Crippen LogP contribution in [0.4, 0.5) is 0 Å². The van der Waals surface area contributed by atoms with Crippen LogP contribution in [0.1, 0.15) is 19.8 Å². The number of hydrogen-bond acceptors (Lipinski definition) is 4. The molecular formula is C10H23ClO4Si. The highest BCUT2D eigenvalue weighted by Gasteiger charge is 2.57. The molecule has 0 aromatic carbocycles. The van der Waals surface area contributed by atoms with Gasteiger partial charge in [-0.1, -0.05) is 6.92 Å². The molecule has 0 fully saturated rings. The smallest absolute Gasteiger partial charge is 0.395 e. The normalized spacial score (nSPS) is 13.1. The predicted octanol–water partition coefficient (Wildman–Crippen LogP) is 2.29. The number of alkyl halides is 1. The van der Waals surface area contributed by atoms with Gasteiger partial charge < -0.3 is 18.3 Å². The zero-order chi connectivity index (χ0) is 12.7. The maximum Gasteiger partial charge on any atom is 0.399 e. The molecule has 0 heterocycles. The first-order valence-corrected chi connectivity index (χ1v) is 7.94. The SMILES string of the molecule is CCC(OC)(OC)[Si](CCCCl)(OC)OC. The molecule has 0 aliphatic rings. The topological polar surface area (TPSA) is 36.9 Å². The van der Waals surface area contributed by atoms with Crippen LogP contribution in [0.5, 0.6) is 0 Å². The number of hydrogen-bond donors (Lipinski definition) is 0. The van der Waals surface area contributed by atoms with E-state index >= 15 is 0 Å². The summed E-state index contributed by atoms with van der Waals surface area (Å²) >= 11 is 5.73. The number of rotatable bonds is 9. The van der Waals surface area contributed by atoms with Gasteiger partial charge in [0, 0.05) is 40.7 Å². The number of methoxy groups -OCH3 is 2. The fourth-order valence-corrected chi connectivity index (χ4v) is 5.78. The summed E-state index contributed by atoms with van der Waals surface area (Å²) < 4.78 is 22.3. The van der Waals surface area contributed by atoms with Gasteiger partial charge in [0.2, 0.25) is 5.41 Å². The third kappa shape index (κ3) is 2.97. The quantitative estimate of drug-likeness (QED) is 0.366. The lowest BCUT2D eigenvalue weighted by Gasteiger charge is -2.42. The second-order valence-electron chi connectivity index (χ2n) is 3.47. The van der Waals surface area contributed by atoms with E-state index in [1.165, 1.54) is 0 Å². The Hall–Kier alpha value is 0.347. The molecule has 16 heavy (non-hydrogen) atoms. The molecule has 0 atom stereocenters. The standard InChI is InChI=1S/C10H23ClO4Si/c1-6-10(12-2,13-3)16(14-4,15-5)9-7-8-11/h6-9H2,1-5H3. The van der Waals surface area contributed by atoms with Gasteiger partial charge in [-0.2, -0.15) is 0 Å². The van der Waals surface area contributed by atoms with Crippen LogP contribution < -0.4 is 0 Å². The molecule has 6 heteroatoms. The first-order chi connectivity index (χ1) is 7.61. The summed E-state index contributed by atoms with van der Waals surface area (Å²) in [6.45, 7) is 1.99. The number of halogens is 1. The molecule has 0 unspecified atom stereocenters. The zero-order valence-electron chi connectivity index (χ0n) is 10.8. The Bertz CT molecular complexity index is 175. The van der Waals surface area contributed by atoms with Crippen molar-refractivity contribution in [1.82, 2.24) is 0 Å². The summed E-state index contributed by atoms with van der Waals surface area (Å²) in [6.07, 6.45) is 1.50. The molecule has 98 valence electrons. The highest BCUT2D eigenvalue weighted by atomic mass is 35.5. The van der Waals surface area contributed by atoms with Crippen molar-refractivity contribution in [2.45, 2.75) is 31.2 Å². The molecule has 0 N–H and O–H groups in total. The minimum Gasteiger partial charge on any atom is -0.395 e. The van der Waals surface area contributed by atoms with Gasteiger partial charge in [-0.3, -0.25) is 0 Å². The Balaban J connectivity index is 5.09. The molecule has 0 rings (SSSR count). The lowest BCUT2D eigenvalue weighted by atomic mass is 10.5. The maximum atomic E-state index is 5.73. The Morgan fingerprint density at radius 3 is 1.81 bits per heavy atom. The van der Waals surface area contributed by atoms with E-state index in [1.807, 2.05) is 6.92 Å². The van der Waals surface area contributed by atoms with Crippen molar-refractivity contribution in [1.29, 1.82) is 0 Å². The Labute approximate surface area is 104 Å². The van der Waals surface area contributed by atoms with E-state index in [-0.39, 0.29) is 0 Å². The molecular weight excluding hydrogens is 248 g/mol. The van der Waals surface area contributed by atoms with E-state index in [1.54, 1.807) is 28.4 Å².